The summed E-state index contributed by atoms with van der Waals surface area (Å²) in [6.45, 7) is 9.07. The van der Waals surface area contributed by atoms with E-state index in [0.717, 1.165) is 11.1 Å². The molecule has 0 radical (unpaired) electrons. The average molecular weight is 394 g/mol. The Morgan fingerprint density at radius 2 is 1.90 bits per heavy atom. The zero-order valence-electron chi connectivity index (χ0n) is 17.1. The Bertz CT molecular complexity index is 1000. The van der Waals surface area contributed by atoms with Gasteiger partial charge in [-0.15, -0.1) is 0 Å². The van der Waals surface area contributed by atoms with Crippen molar-refractivity contribution in [2.45, 2.75) is 34.2 Å². The number of nitrogens with one attached hydrogen (secondary N) is 3. The molecule has 3 aromatic rings. The van der Waals surface area contributed by atoms with Gasteiger partial charge < -0.3 is 10.6 Å². The molecule has 0 aliphatic rings. The normalized spacial score (nSPS) is 10.9. The number of carbonyl (C=O) groups excluding carboxylic acids is 2. The van der Waals surface area contributed by atoms with E-state index in [4.69, 9.17) is 0 Å². The molecule has 8 nitrogen and oxygen atoms in total. The highest BCUT2D eigenvalue weighted by molar-refractivity contribution is 6.07. The molecule has 0 saturated heterocycles. The number of hydrogen-bond donors (Lipinski definition) is 3. The molecule has 0 aliphatic carbocycles. The minimum absolute atomic E-state index is 0.194. The van der Waals surface area contributed by atoms with Crippen molar-refractivity contribution in [1.29, 1.82) is 0 Å². The number of aromatic nitrogens is 4. The minimum Gasteiger partial charge on any atom is -0.350 e. The van der Waals surface area contributed by atoms with Gasteiger partial charge in [-0.05, 0) is 25.8 Å². The van der Waals surface area contributed by atoms with E-state index < -0.39 is 0 Å². The second-order valence-electron chi connectivity index (χ2n) is 7.34. The highest BCUT2D eigenvalue weighted by Gasteiger charge is 2.20. The van der Waals surface area contributed by atoms with Crippen LogP contribution in [0.2, 0.25) is 0 Å². The van der Waals surface area contributed by atoms with E-state index in [0.29, 0.717) is 36.1 Å². The van der Waals surface area contributed by atoms with Crippen LogP contribution in [0.1, 0.15) is 47.3 Å². The summed E-state index contributed by atoms with van der Waals surface area (Å²) in [5.41, 5.74) is 3.60. The Hall–Kier alpha value is -3.42. The highest BCUT2D eigenvalue weighted by atomic mass is 16.2. The Balaban J connectivity index is 1.77. The molecule has 0 spiro atoms. The van der Waals surface area contributed by atoms with Crippen LogP contribution in [0.3, 0.4) is 0 Å². The van der Waals surface area contributed by atoms with Gasteiger partial charge in [0, 0.05) is 24.8 Å². The number of benzene rings is 1. The smallest absolute Gasteiger partial charge is 0.273 e. The summed E-state index contributed by atoms with van der Waals surface area (Å²) in [5.74, 6) is -0.383. The quantitative estimate of drug-likeness (QED) is 0.572. The molecule has 0 atom stereocenters. The molecular weight excluding hydrogens is 368 g/mol. The van der Waals surface area contributed by atoms with E-state index in [-0.39, 0.29) is 17.5 Å². The maximum atomic E-state index is 12.7. The first-order chi connectivity index (χ1) is 13.9. The fraction of sp³-hybridized carbons (Fsp3) is 0.333. The molecule has 3 rings (SSSR count). The molecule has 8 heteroatoms. The van der Waals surface area contributed by atoms with Gasteiger partial charge in [0.2, 0.25) is 0 Å². The van der Waals surface area contributed by atoms with Crippen LogP contribution in [0, 0.1) is 12.8 Å². The van der Waals surface area contributed by atoms with Crippen molar-refractivity contribution in [3.8, 4) is 11.3 Å². The van der Waals surface area contributed by atoms with Crippen LogP contribution in [0.5, 0.6) is 0 Å². The summed E-state index contributed by atoms with van der Waals surface area (Å²) in [5, 5.41) is 16.9. The van der Waals surface area contributed by atoms with E-state index in [9.17, 15) is 9.59 Å². The van der Waals surface area contributed by atoms with Crippen LogP contribution in [0.25, 0.3) is 11.3 Å². The SMILES string of the molecule is CCn1cc(NC(=O)c2cc(-c3ccc(C)cc3)n[nH]2)c(C(=O)NCC(C)C)n1. The lowest BCUT2D eigenvalue weighted by molar-refractivity contribution is 0.0944. The third-order valence-corrected chi connectivity index (χ3v) is 4.39. The lowest BCUT2D eigenvalue weighted by Crippen LogP contribution is -2.28. The summed E-state index contributed by atoms with van der Waals surface area (Å²) < 4.78 is 1.62. The van der Waals surface area contributed by atoms with Crippen LogP contribution in [-0.2, 0) is 6.54 Å². The number of carbonyl (C=O) groups is 2. The predicted molar refractivity (Wildman–Crippen MR) is 112 cm³/mol. The Labute approximate surface area is 169 Å². The molecule has 0 unspecified atom stereocenters. The number of aromatic amines is 1. The van der Waals surface area contributed by atoms with Gasteiger partial charge >= 0.3 is 0 Å². The molecular formula is C21H26N6O2. The van der Waals surface area contributed by atoms with Crippen molar-refractivity contribution in [3.63, 3.8) is 0 Å². The second-order valence-corrected chi connectivity index (χ2v) is 7.34. The van der Waals surface area contributed by atoms with Crippen molar-refractivity contribution in [1.82, 2.24) is 25.3 Å². The van der Waals surface area contributed by atoms with Crippen molar-refractivity contribution in [3.05, 3.63) is 53.5 Å². The number of anilines is 1. The van der Waals surface area contributed by atoms with E-state index >= 15 is 0 Å². The number of hydrogen-bond acceptors (Lipinski definition) is 4. The molecule has 0 saturated carbocycles. The van der Waals surface area contributed by atoms with Gasteiger partial charge in [0.05, 0.1) is 11.4 Å². The van der Waals surface area contributed by atoms with Gasteiger partial charge in [0.15, 0.2) is 5.69 Å². The third kappa shape index (κ3) is 4.90. The number of rotatable bonds is 7. The van der Waals surface area contributed by atoms with E-state index in [1.165, 1.54) is 0 Å². The molecule has 0 bridgehead atoms. The van der Waals surface area contributed by atoms with Crippen molar-refractivity contribution in [2.24, 2.45) is 5.92 Å². The standard InChI is InChI=1S/C21H26N6O2/c1-5-27-12-18(19(26-27)21(29)22-11-13(2)3)23-20(28)17-10-16(24-25-17)15-8-6-14(4)7-9-15/h6-10,12-13H,5,11H2,1-4H3,(H,22,29)(H,23,28)(H,24,25). The first-order valence-electron chi connectivity index (χ1n) is 9.66. The maximum Gasteiger partial charge on any atom is 0.273 e. The lowest BCUT2D eigenvalue weighted by Gasteiger charge is -2.07. The minimum atomic E-state index is -0.385. The summed E-state index contributed by atoms with van der Waals surface area (Å²) in [6, 6.07) is 9.57. The largest absolute Gasteiger partial charge is 0.350 e. The number of nitrogens with zero attached hydrogens (tertiary/aromatic N) is 3. The lowest BCUT2D eigenvalue weighted by atomic mass is 10.1. The summed E-state index contributed by atoms with van der Waals surface area (Å²) in [4.78, 5) is 25.2. The Morgan fingerprint density at radius 1 is 1.17 bits per heavy atom. The second kappa shape index (κ2) is 8.72. The van der Waals surface area contributed by atoms with Gasteiger partial charge in [-0.3, -0.25) is 19.4 Å². The number of amides is 2. The summed E-state index contributed by atoms with van der Waals surface area (Å²) in [7, 11) is 0. The summed E-state index contributed by atoms with van der Waals surface area (Å²) >= 11 is 0. The number of aryl methyl sites for hydroxylation is 2. The topological polar surface area (TPSA) is 105 Å². The van der Waals surface area contributed by atoms with Gasteiger partial charge in [-0.25, -0.2) is 0 Å². The molecule has 2 aromatic heterocycles. The molecule has 0 fully saturated rings. The molecule has 2 amide bonds. The van der Waals surface area contributed by atoms with E-state index in [1.54, 1.807) is 16.9 Å². The van der Waals surface area contributed by atoms with E-state index in [2.05, 4.69) is 25.9 Å². The first kappa shape index (κ1) is 20.3. The molecule has 29 heavy (non-hydrogen) atoms. The van der Waals surface area contributed by atoms with Crippen molar-refractivity contribution in [2.75, 3.05) is 11.9 Å². The Kier molecular flexibility index (Phi) is 6.11. The zero-order chi connectivity index (χ0) is 21.0. The number of H-pyrrole nitrogens is 1. The van der Waals surface area contributed by atoms with E-state index in [1.807, 2.05) is 52.0 Å². The summed E-state index contributed by atoms with van der Waals surface area (Å²) in [6.07, 6.45) is 1.65. The molecule has 3 N–H and O–H groups in total. The van der Waals surface area contributed by atoms with Gasteiger partial charge in [-0.2, -0.15) is 10.2 Å². The molecule has 152 valence electrons. The van der Waals surface area contributed by atoms with Crippen molar-refractivity contribution >= 4 is 17.5 Å². The van der Waals surface area contributed by atoms with Crippen molar-refractivity contribution < 1.29 is 9.59 Å². The maximum absolute atomic E-state index is 12.7. The van der Waals surface area contributed by atoms with Crippen LogP contribution in [0.15, 0.2) is 36.5 Å². The third-order valence-electron chi connectivity index (χ3n) is 4.39. The first-order valence-corrected chi connectivity index (χ1v) is 9.66. The Morgan fingerprint density at radius 3 is 2.55 bits per heavy atom. The molecule has 0 aliphatic heterocycles. The molecule has 2 heterocycles. The van der Waals surface area contributed by atoms with Crippen LogP contribution in [0.4, 0.5) is 5.69 Å². The van der Waals surface area contributed by atoms with Gasteiger partial charge in [0.25, 0.3) is 11.8 Å². The average Bonchev–Trinajstić information content (AvgIpc) is 3.34. The monoisotopic (exact) mass is 394 g/mol. The predicted octanol–water partition coefficient (Wildman–Crippen LogP) is 3.24. The van der Waals surface area contributed by atoms with Crippen LogP contribution in [-0.4, -0.2) is 38.3 Å². The van der Waals surface area contributed by atoms with Crippen LogP contribution >= 0.6 is 0 Å². The van der Waals surface area contributed by atoms with Crippen LogP contribution < -0.4 is 10.6 Å². The zero-order valence-corrected chi connectivity index (χ0v) is 17.1. The van der Waals surface area contributed by atoms with Gasteiger partial charge in [0.1, 0.15) is 5.69 Å². The highest BCUT2D eigenvalue weighted by Crippen LogP contribution is 2.20. The fourth-order valence-corrected chi connectivity index (χ4v) is 2.72. The fourth-order valence-electron chi connectivity index (χ4n) is 2.72. The molecule has 1 aromatic carbocycles. The van der Waals surface area contributed by atoms with Gasteiger partial charge in [-0.1, -0.05) is 43.7 Å².